The Morgan fingerprint density at radius 1 is 1.86 bits per heavy atom. The molecule has 0 aromatic rings. The van der Waals surface area contributed by atoms with E-state index in [4.69, 9.17) is 17.3 Å². The second-order valence-corrected chi connectivity index (χ2v) is 1.49. The Hall–Kier alpha value is -0.0151. The maximum Gasteiger partial charge on any atom is 0.104 e. The van der Waals surface area contributed by atoms with Crippen LogP contribution in [0.5, 0.6) is 0 Å². The highest BCUT2D eigenvalue weighted by molar-refractivity contribution is 6.08. The van der Waals surface area contributed by atoms with E-state index in [9.17, 15) is 0 Å². The van der Waals surface area contributed by atoms with Gasteiger partial charge in [-0.2, -0.15) is 0 Å². The van der Waals surface area contributed by atoms with E-state index < -0.39 is 0 Å². The molecule has 3 heteroatoms. The lowest BCUT2D eigenvalue weighted by Gasteiger charge is -1.92. The van der Waals surface area contributed by atoms with Crippen molar-refractivity contribution in [3.8, 4) is 0 Å². The molecule has 1 atom stereocenters. The zero-order valence-electron chi connectivity index (χ0n) is 4.09. The van der Waals surface area contributed by atoms with E-state index in [1.54, 1.807) is 0 Å². The molecule has 0 N–H and O–H groups in total. The van der Waals surface area contributed by atoms with E-state index in [0.717, 1.165) is 6.61 Å². The van der Waals surface area contributed by atoms with Crippen molar-refractivity contribution in [1.29, 1.82) is 0 Å². The molecule has 0 spiro atoms. The number of hydrogen-bond donors (Lipinski definition) is 0. The van der Waals surface area contributed by atoms with Crippen LogP contribution in [0.25, 0.3) is 0 Å². The lowest BCUT2D eigenvalue weighted by atomic mass is 10.2. The summed E-state index contributed by atoms with van der Waals surface area (Å²) in [5, 5.41) is 0. The molecule has 7 heavy (non-hydrogen) atoms. The van der Waals surface area contributed by atoms with Gasteiger partial charge >= 0.3 is 0 Å². The van der Waals surface area contributed by atoms with Crippen molar-refractivity contribution in [2.45, 2.75) is 6.10 Å². The van der Waals surface area contributed by atoms with Crippen molar-refractivity contribution in [3.05, 3.63) is 0 Å². The van der Waals surface area contributed by atoms with Crippen molar-refractivity contribution in [1.82, 2.24) is 0 Å². The van der Waals surface area contributed by atoms with Crippen LogP contribution in [0.2, 0.25) is 0 Å². The Kier molecular flexibility index (Phi) is 1.71. The molecule has 1 unspecified atom stereocenters. The molecule has 1 saturated heterocycles. The summed E-state index contributed by atoms with van der Waals surface area (Å²) in [6.07, 6.45) is 0.351. The molecule has 0 bridgehead atoms. The topological polar surface area (TPSA) is 21.8 Å². The average molecular weight is 97.9 g/mol. The molecule has 2 radical (unpaired) electrons. The zero-order chi connectivity index (χ0) is 5.11. The summed E-state index contributed by atoms with van der Waals surface area (Å²) in [5.74, 6) is 0. The summed E-state index contributed by atoms with van der Waals surface area (Å²) >= 11 is 0. The van der Waals surface area contributed by atoms with Crippen LogP contribution in [0.3, 0.4) is 0 Å². The number of rotatable bonds is 3. The van der Waals surface area contributed by atoms with Crippen molar-refractivity contribution >= 4 is 7.85 Å². The summed E-state index contributed by atoms with van der Waals surface area (Å²) in [5.41, 5.74) is 0. The molecule has 0 saturated carbocycles. The van der Waals surface area contributed by atoms with Gasteiger partial charge in [0.2, 0.25) is 0 Å². The molecule has 38 valence electrons. The van der Waals surface area contributed by atoms with Crippen LogP contribution < -0.4 is 0 Å². The maximum atomic E-state index is 5.03. The minimum absolute atomic E-state index is 0.305. The predicted octanol–water partition coefficient (Wildman–Crippen LogP) is -0.472. The first-order chi connectivity index (χ1) is 3.43. The number of ether oxygens (including phenoxy) is 2. The fraction of sp³-hybridized carbons (Fsp3) is 1.00. The van der Waals surface area contributed by atoms with Crippen LogP contribution in [0.1, 0.15) is 0 Å². The third kappa shape index (κ3) is 1.95. The fourth-order valence-electron chi connectivity index (χ4n) is 0.364. The van der Waals surface area contributed by atoms with Gasteiger partial charge < -0.3 is 9.47 Å². The van der Waals surface area contributed by atoms with Crippen LogP contribution in [-0.4, -0.2) is 33.7 Å². The first kappa shape index (κ1) is 5.13. The smallest absolute Gasteiger partial charge is 0.104 e. The lowest BCUT2D eigenvalue weighted by Crippen LogP contribution is -2.01. The molecular formula is C4H7BO2. The first-order valence-electron chi connectivity index (χ1n) is 2.33. The third-order valence-corrected chi connectivity index (χ3v) is 0.824. The summed E-state index contributed by atoms with van der Waals surface area (Å²) in [6, 6.07) is 0. The fourth-order valence-corrected chi connectivity index (χ4v) is 0.364. The standard InChI is InChI=1S/C4H7BO2/c5-3-6-1-4-2-7-4/h4H,1-3H2. The number of hydrogen-bond acceptors (Lipinski definition) is 2. The van der Waals surface area contributed by atoms with E-state index in [2.05, 4.69) is 0 Å². The van der Waals surface area contributed by atoms with E-state index in [-0.39, 0.29) is 0 Å². The second-order valence-electron chi connectivity index (χ2n) is 1.49. The highest BCUT2D eigenvalue weighted by Crippen LogP contribution is 2.07. The Morgan fingerprint density at radius 3 is 3.00 bits per heavy atom. The molecule has 0 amide bonds. The zero-order valence-corrected chi connectivity index (χ0v) is 4.09. The maximum absolute atomic E-state index is 5.03. The minimum atomic E-state index is 0.305. The Morgan fingerprint density at radius 2 is 2.57 bits per heavy atom. The van der Waals surface area contributed by atoms with Gasteiger partial charge in [-0.05, 0) is 0 Å². The van der Waals surface area contributed by atoms with Crippen molar-refractivity contribution in [3.63, 3.8) is 0 Å². The average Bonchev–Trinajstić information content (AvgIpc) is 2.42. The second kappa shape index (κ2) is 2.33. The van der Waals surface area contributed by atoms with Crippen molar-refractivity contribution in [2.75, 3.05) is 19.7 Å². The van der Waals surface area contributed by atoms with Gasteiger partial charge in [-0.1, -0.05) is 0 Å². The summed E-state index contributed by atoms with van der Waals surface area (Å²) in [7, 11) is 5.03. The minimum Gasteiger partial charge on any atom is -0.388 e. The summed E-state index contributed by atoms with van der Waals surface area (Å²) < 4.78 is 9.64. The molecule has 0 aromatic carbocycles. The molecule has 1 heterocycles. The van der Waals surface area contributed by atoms with Gasteiger partial charge in [0, 0.05) is 6.51 Å². The van der Waals surface area contributed by atoms with Gasteiger partial charge in [-0.15, -0.1) is 0 Å². The molecular weight excluding hydrogens is 90.9 g/mol. The summed E-state index contributed by atoms with van der Waals surface area (Å²) in [6.45, 7) is 1.82. The highest BCUT2D eigenvalue weighted by atomic mass is 16.6. The highest BCUT2D eigenvalue weighted by Gasteiger charge is 2.21. The Balaban J connectivity index is 1.80. The van der Waals surface area contributed by atoms with Gasteiger partial charge in [0.05, 0.1) is 13.2 Å². The van der Waals surface area contributed by atoms with Crippen LogP contribution in [-0.2, 0) is 9.47 Å². The van der Waals surface area contributed by atoms with Gasteiger partial charge in [0.15, 0.2) is 0 Å². The Bertz CT molecular complexity index is 53.7. The van der Waals surface area contributed by atoms with Gasteiger partial charge in [0.25, 0.3) is 0 Å². The van der Waals surface area contributed by atoms with Crippen LogP contribution in [0, 0.1) is 0 Å². The monoisotopic (exact) mass is 98.1 g/mol. The van der Waals surface area contributed by atoms with E-state index >= 15 is 0 Å². The van der Waals surface area contributed by atoms with Crippen LogP contribution in [0.4, 0.5) is 0 Å². The normalized spacial score (nSPS) is 27.7. The van der Waals surface area contributed by atoms with E-state index in [0.29, 0.717) is 19.2 Å². The molecule has 2 nitrogen and oxygen atoms in total. The van der Waals surface area contributed by atoms with E-state index in [1.165, 1.54) is 0 Å². The van der Waals surface area contributed by atoms with Crippen LogP contribution >= 0.6 is 0 Å². The Labute approximate surface area is 44.2 Å². The summed E-state index contributed by atoms with van der Waals surface area (Å²) in [4.78, 5) is 0. The lowest BCUT2D eigenvalue weighted by molar-refractivity contribution is 0.155. The van der Waals surface area contributed by atoms with Gasteiger partial charge in [-0.3, -0.25) is 0 Å². The number of epoxide rings is 1. The SMILES string of the molecule is [B]COCC1CO1. The van der Waals surface area contributed by atoms with Crippen molar-refractivity contribution in [2.24, 2.45) is 0 Å². The van der Waals surface area contributed by atoms with Crippen molar-refractivity contribution < 1.29 is 9.47 Å². The van der Waals surface area contributed by atoms with E-state index in [1.807, 2.05) is 0 Å². The molecule has 1 aliphatic heterocycles. The molecule has 1 aliphatic rings. The van der Waals surface area contributed by atoms with Gasteiger partial charge in [-0.25, -0.2) is 0 Å². The first-order valence-corrected chi connectivity index (χ1v) is 2.33. The molecule has 0 aromatic heterocycles. The van der Waals surface area contributed by atoms with Crippen LogP contribution in [0.15, 0.2) is 0 Å². The molecule has 1 fully saturated rings. The third-order valence-electron chi connectivity index (χ3n) is 0.824. The largest absolute Gasteiger partial charge is 0.388 e. The predicted molar refractivity (Wildman–Crippen MR) is 26.3 cm³/mol. The molecule has 0 aliphatic carbocycles. The molecule has 1 rings (SSSR count). The quantitative estimate of drug-likeness (QED) is 0.351. The van der Waals surface area contributed by atoms with Gasteiger partial charge in [0.1, 0.15) is 14.0 Å².